The predicted octanol–water partition coefficient (Wildman–Crippen LogP) is 6.57. The van der Waals surface area contributed by atoms with Crippen LogP contribution in [0.15, 0.2) is 47.1 Å². The van der Waals surface area contributed by atoms with Crippen molar-refractivity contribution in [3.05, 3.63) is 52.6 Å². The first kappa shape index (κ1) is 22.9. The molecule has 1 N–H and O–H groups in total. The summed E-state index contributed by atoms with van der Waals surface area (Å²) in [4.78, 5) is 14.4. The van der Waals surface area contributed by atoms with Gasteiger partial charge in [0.1, 0.15) is 0 Å². The van der Waals surface area contributed by atoms with Gasteiger partial charge in [0.2, 0.25) is 0 Å². The van der Waals surface area contributed by atoms with E-state index in [0.717, 1.165) is 57.8 Å². The molecule has 0 aromatic heterocycles. The fourth-order valence-corrected chi connectivity index (χ4v) is 7.94. The molecule has 178 valence electrons. The monoisotopic (exact) mass is 447 g/mol. The zero-order chi connectivity index (χ0) is 23.4. The quantitative estimate of drug-likeness (QED) is 0.555. The van der Waals surface area contributed by atoms with Crippen LogP contribution in [0.2, 0.25) is 0 Å². The molecule has 5 atom stereocenters. The third-order valence-corrected chi connectivity index (χ3v) is 9.81. The first-order valence-electron chi connectivity index (χ1n) is 13.2. The largest absolute Gasteiger partial charge is 0.389 e. The molecule has 0 radical (unpaired) electrons. The lowest BCUT2D eigenvalue weighted by Gasteiger charge is -2.55. The van der Waals surface area contributed by atoms with Crippen LogP contribution in [0.3, 0.4) is 0 Å². The maximum absolute atomic E-state index is 12.2. The van der Waals surface area contributed by atoms with Crippen LogP contribution in [0, 0.1) is 17.3 Å². The number of fused-ring (bicyclic) bond motifs is 4. The smallest absolute Gasteiger partial charge is 0.156 e. The fourth-order valence-electron chi connectivity index (χ4n) is 7.94. The van der Waals surface area contributed by atoms with E-state index < -0.39 is 5.60 Å². The van der Waals surface area contributed by atoms with Crippen LogP contribution >= 0.6 is 0 Å². The molecular formula is C30H41NO2. The second-order valence-electron chi connectivity index (χ2n) is 11.7. The van der Waals surface area contributed by atoms with Crippen LogP contribution in [0.1, 0.15) is 89.5 Å². The number of anilines is 1. The molecule has 0 aliphatic heterocycles. The maximum Gasteiger partial charge on any atom is 0.156 e. The number of hydrogen-bond acceptors (Lipinski definition) is 3. The van der Waals surface area contributed by atoms with E-state index in [1.165, 1.54) is 22.4 Å². The number of carbonyl (C=O) groups excluding carboxylic acids is 1. The summed E-state index contributed by atoms with van der Waals surface area (Å²) in [6.45, 7) is 4.65. The Morgan fingerprint density at radius 2 is 1.85 bits per heavy atom. The van der Waals surface area contributed by atoms with Crippen molar-refractivity contribution in [1.82, 2.24) is 0 Å². The molecule has 5 rings (SSSR count). The third-order valence-electron chi connectivity index (χ3n) is 9.81. The van der Waals surface area contributed by atoms with Gasteiger partial charge in [-0.15, -0.1) is 0 Å². The van der Waals surface area contributed by atoms with Crippen molar-refractivity contribution < 1.29 is 9.90 Å². The number of benzene rings is 1. The van der Waals surface area contributed by atoms with Crippen LogP contribution < -0.4 is 4.90 Å². The van der Waals surface area contributed by atoms with Gasteiger partial charge >= 0.3 is 0 Å². The lowest BCUT2D eigenvalue weighted by Crippen LogP contribution is -2.51. The molecule has 1 aromatic carbocycles. The van der Waals surface area contributed by atoms with Crippen LogP contribution in [0.4, 0.5) is 5.69 Å². The zero-order valence-electron chi connectivity index (χ0n) is 21.0. The van der Waals surface area contributed by atoms with E-state index in [9.17, 15) is 9.90 Å². The molecule has 4 aliphatic rings. The molecule has 3 heteroatoms. The van der Waals surface area contributed by atoms with Gasteiger partial charge in [-0.05, 0) is 91.7 Å². The van der Waals surface area contributed by atoms with E-state index in [1.54, 1.807) is 5.57 Å². The summed E-state index contributed by atoms with van der Waals surface area (Å²) >= 11 is 0. The van der Waals surface area contributed by atoms with E-state index in [1.807, 2.05) is 6.08 Å². The predicted molar refractivity (Wildman–Crippen MR) is 136 cm³/mol. The Morgan fingerprint density at radius 3 is 2.55 bits per heavy atom. The summed E-state index contributed by atoms with van der Waals surface area (Å²) in [5.41, 5.74) is 6.45. The highest BCUT2D eigenvalue weighted by Gasteiger charge is 2.62. The molecule has 0 amide bonds. The van der Waals surface area contributed by atoms with E-state index in [-0.39, 0.29) is 5.41 Å². The number of aliphatic hydroxyl groups is 1. The fraction of sp³-hybridized carbons (Fsp3) is 0.633. The summed E-state index contributed by atoms with van der Waals surface area (Å²) in [7, 11) is 4.18. The van der Waals surface area contributed by atoms with Gasteiger partial charge in [-0.3, -0.25) is 4.79 Å². The minimum absolute atomic E-state index is 0.0481. The number of nitrogens with zero attached hydrogens (tertiary/aromatic N) is 1. The van der Waals surface area contributed by atoms with Crippen LogP contribution in [0.5, 0.6) is 0 Å². The summed E-state index contributed by atoms with van der Waals surface area (Å²) in [6.07, 6.45) is 12.0. The molecule has 0 bridgehead atoms. The van der Waals surface area contributed by atoms with Gasteiger partial charge in [0.15, 0.2) is 5.78 Å². The van der Waals surface area contributed by atoms with Gasteiger partial charge in [0.05, 0.1) is 5.60 Å². The Morgan fingerprint density at radius 1 is 1.09 bits per heavy atom. The molecule has 0 unspecified atom stereocenters. The van der Waals surface area contributed by atoms with Crippen molar-refractivity contribution in [2.24, 2.45) is 17.3 Å². The number of allylic oxidation sites excluding steroid dienone is 4. The number of hydrogen-bond donors (Lipinski definition) is 1. The van der Waals surface area contributed by atoms with Crippen LogP contribution in [-0.4, -0.2) is 30.6 Å². The standard InChI is InChI=1S/C30H41NO2/c1-5-6-16-30(33)17-15-27-25-13-9-21-18-23(32)12-14-24(21)28(25)26(19-29(27,30)2)20-7-10-22(11-8-20)31(3)4/h7-8,10-11,18,25-27,33H,5-6,9,12-17,19H2,1-4H3/t25-,26+,27-,29-,30-/m0/s1. The van der Waals surface area contributed by atoms with Crippen molar-refractivity contribution in [2.45, 2.75) is 89.6 Å². The Labute approximate surface area is 200 Å². The maximum atomic E-state index is 12.2. The van der Waals surface area contributed by atoms with E-state index in [0.29, 0.717) is 30.0 Å². The van der Waals surface area contributed by atoms with Gasteiger partial charge in [0, 0.05) is 37.5 Å². The Kier molecular flexibility index (Phi) is 5.84. The highest BCUT2D eigenvalue weighted by Crippen LogP contribution is 2.67. The minimum atomic E-state index is -0.551. The van der Waals surface area contributed by atoms with Crippen molar-refractivity contribution >= 4 is 11.5 Å². The molecule has 0 saturated heterocycles. The molecule has 3 nitrogen and oxygen atoms in total. The van der Waals surface area contributed by atoms with Crippen molar-refractivity contribution in [2.75, 3.05) is 19.0 Å². The third kappa shape index (κ3) is 3.62. The first-order valence-corrected chi connectivity index (χ1v) is 13.2. The van der Waals surface area contributed by atoms with Gasteiger partial charge < -0.3 is 10.0 Å². The van der Waals surface area contributed by atoms with Crippen LogP contribution in [-0.2, 0) is 4.79 Å². The summed E-state index contributed by atoms with van der Waals surface area (Å²) in [5, 5.41) is 12.0. The van der Waals surface area contributed by atoms with E-state index in [2.05, 4.69) is 57.1 Å². The van der Waals surface area contributed by atoms with E-state index >= 15 is 0 Å². The molecular weight excluding hydrogens is 406 g/mol. The first-order chi connectivity index (χ1) is 15.8. The second-order valence-corrected chi connectivity index (χ2v) is 11.7. The van der Waals surface area contributed by atoms with E-state index in [4.69, 9.17) is 0 Å². The number of rotatable bonds is 5. The molecule has 2 fully saturated rings. The Balaban J connectivity index is 1.62. The number of carbonyl (C=O) groups is 1. The summed E-state index contributed by atoms with van der Waals surface area (Å²) in [5.74, 6) is 1.73. The zero-order valence-corrected chi connectivity index (χ0v) is 21.0. The van der Waals surface area contributed by atoms with Crippen LogP contribution in [0.25, 0.3) is 0 Å². The molecule has 1 aromatic rings. The van der Waals surface area contributed by atoms with Crippen molar-refractivity contribution in [1.29, 1.82) is 0 Å². The average Bonchev–Trinajstić information content (AvgIpc) is 3.07. The normalized spacial score (nSPS) is 35.6. The topological polar surface area (TPSA) is 40.5 Å². The van der Waals surface area contributed by atoms with Gasteiger partial charge in [-0.25, -0.2) is 0 Å². The number of ketones is 1. The molecule has 0 spiro atoms. The van der Waals surface area contributed by atoms with Crippen molar-refractivity contribution in [3.63, 3.8) is 0 Å². The molecule has 0 heterocycles. The molecule has 4 aliphatic carbocycles. The summed E-state index contributed by atoms with van der Waals surface area (Å²) in [6, 6.07) is 9.12. The summed E-state index contributed by atoms with van der Waals surface area (Å²) < 4.78 is 0. The highest BCUT2D eigenvalue weighted by atomic mass is 16.3. The number of unbranched alkanes of at least 4 members (excludes halogenated alkanes) is 1. The highest BCUT2D eigenvalue weighted by molar-refractivity contribution is 5.93. The van der Waals surface area contributed by atoms with Gasteiger partial charge in [-0.1, -0.05) is 44.4 Å². The minimum Gasteiger partial charge on any atom is -0.389 e. The Hall–Kier alpha value is -1.87. The van der Waals surface area contributed by atoms with Gasteiger partial charge in [-0.2, -0.15) is 0 Å². The lowest BCUT2D eigenvalue weighted by molar-refractivity contribution is -0.114. The van der Waals surface area contributed by atoms with Crippen molar-refractivity contribution in [3.8, 4) is 0 Å². The lowest BCUT2D eigenvalue weighted by atomic mass is 9.51. The SMILES string of the molecule is CCCC[C@]1(O)CC[C@H]2[C@@H]3CCC4=CC(=O)CCC4=C3[C@@H](c3ccc(N(C)C)cc3)C[C@@]21C. The van der Waals surface area contributed by atoms with Gasteiger partial charge in [0.25, 0.3) is 0 Å². The average molecular weight is 448 g/mol. The second kappa shape index (κ2) is 8.41. The molecule has 33 heavy (non-hydrogen) atoms. The molecule has 2 saturated carbocycles. The Bertz CT molecular complexity index is 987.